The Hall–Kier alpha value is -2.15. The van der Waals surface area contributed by atoms with Crippen LogP contribution in [-0.2, 0) is 0 Å². The summed E-state index contributed by atoms with van der Waals surface area (Å²) in [5.74, 6) is 0.00713. The molecule has 0 radical (unpaired) electrons. The molecule has 1 aliphatic heterocycles. The molecule has 1 amide bonds. The second-order valence-corrected chi connectivity index (χ2v) is 5.04. The molecule has 1 aromatic carbocycles. The van der Waals surface area contributed by atoms with Crippen LogP contribution in [0.25, 0.3) is 0 Å². The minimum absolute atomic E-state index is 0.157. The van der Waals surface area contributed by atoms with Gasteiger partial charge in [0.1, 0.15) is 0 Å². The Labute approximate surface area is 123 Å². The smallest absolute Gasteiger partial charge is 0.311 e. The number of rotatable bonds is 4. The maximum absolute atomic E-state index is 12.4. The molecule has 114 valence electrons. The summed E-state index contributed by atoms with van der Waals surface area (Å²) in [6.45, 7) is 6.38. The van der Waals surface area contributed by atoms with Crippen molar-refractivity contribution in [2.75, 3.05) is 39.8 Å². The van der Waals surface area contributed by atoms with Crippen LogP contribution in [0, 0.1) is 10.1 Å². The van der Waals surface area contributed by atoms with E-state index in [0.717, 1.165) is 19.6 Å². The Balaban J connectivity index is 2.16. The van der Waals surface area contributed by atoms with Crippen LogP contribution in [0.2, 0.25) is 0 Å². The van der Waals surface area contributed by atoms with E-state index >= 15 is 0 Å². The van der Waals surface area contributed by atoms with Gasteiger partial charge in [0.2, 0.25) is 0 Å². The highest BCUT2D eigenvalue weighted by molar-refractivity contribution is 5.95. The van der Waals surface area contributed by atoms with E-state index in [1.807, 2.05) is 0 Å². The van der Waals surface area contributed by atoms with Gasteiger partial charge in [-0.25, -0.2) is 0 Å². The molecule has 7 nitrogen and oxygen atoms in total. The first-order valence-electron chi connectivity index (χ1n) is 7.02. The molecule has 1 aromatic rings. The summed E-state index contributed by atoms with van der Waals surface area (Å²) in [6, 6.07) is 4.34. The van der Waals surface area contributed by atoms with Crippen molar-refractivity contribution in [3.05, 3.63) is 33.9 Å². The molecule has 1 fully saturated rings. The van der Waals surface area contributed by atoms with Crippen LogP contribution in [-0.4, -0.2) is 55.6 Å². The molecule has 1 saturated heterocycles. The molecule has 2 rings (SSSR count). The molecule has 0 atom stereocenters. The number of carbonyl (C=O) groups is 1. The van der Waals surface area contributed by atoms with Crippen LogP contribution in [0.3, 0.4) is 0 Å². The van der Waals surface area contributed by atoms with Gasteiger partial charge in [-0.15, -0.1) is 0 Å². The summed E-state index contributed by atoms with van der Waals surface area (Å²) in [7, 11) is 1.37. The van der Waals surface area contributed by atoms with Crippen molar-refractivity contribution in [2.24, 2.45) is 0 Å². The molecule has 1 N–H and O–H groups in total. The number of likely N-dealkylation sites (N-methyl/N-ethyl adjacent to an activating group) is 1. The molecule has 7 heteroatoms. The SMILES string of the molecule is CC[NH+]1CCN(C(=O)c2ccc(OC)c([N+](=O)[O-])c2)CC1. The van der Waals surface area contributed by atoms with Gasteiger partial charge in [0.15, 0.2) is 5.75 Å². The fraction of sp³-hybridized carbons (Fsp3) is 0.500. The van der Waals surface area contributed by atoms with Crippen LogP contribution in [0.1, 0.15) is 17.3 Å². The minimum atomic E-state index is -0.533. The zero-order valence-corrected chi connectivity index (χ0v) is 12.3. The Morgan fingerprint density at radius 2 is 2.10 bits per heavy atom. The third-order valence-electron chi connectivity index (χ3n) is 3.88. The lowest BCUT2D eigenvalue weighted by molar-refractivity contribution is -0.902. The predicted octanol–water partition coefficient (Wildman–Crippen LogP) is -0.0360. The summed E-state index contributed by atoms with van der Waals surface area (Å²) < 4.78 is 4.95. The molecular weight excluding hydrogens is 274 g/mol. The first-order chi connectivity index (χ1) is 10.1. The third-order valence-corrected chi connectivity index (χ3v) is 3.88. The number of hydrogen-bond donors (Lipinski definition) is 1. The number of nitrogens with one attached hydrogen (secondary N) is 1. The Morgan fingerprint density at radius 1 is 1.43 bits per heavy atom. The molecule has 0 saturated carbocycles. The van der Waals surface area contributed by atoms with Gasteiger partial charge in [-0.3, -0.25) is 14.9 Å². The fourth-order valence-corrected chi connectivity index (χ4v) is 2.53. The van der Waals surface area contributed by atoms with Crippen LogP contribution in [0.15, 0.2) is 18.2 Å². The average Bonchev–Trinajstić information content (AvgIpc) is 2.53. The number of carbonyl (C=O) groups excluding carboxylic acids is 1. The lowest BCUT2D eigenvalue weighted by atomic mass is 10.1. The predicted molar refractivity (Wildman–Crippen MR) is 76.8 cm³/mol. The Kier molecular flexibility index (Phi) is 4.74. The van der Waals surface area contributed by atoms with Crippen LogP contribution in [0.4, 0.5) is 5.69 Å². The van der Waals surface area contributed by atoms with Gasteiger partial charge in [-0.1, -0.05) is 0 Å². The van der Waals surface area contributed by atoms with Gasteiger partial charge in [0.25, 0.3) is 5.91 Å². The van der Waals surface area contributed by atoms with E-state index in [0.29, 0.717) is 18.7 Å². The lowest BCUT2D eigenvalue weighted by Gasteiger charge is -2.31. The number of nitro groups is 1. The van der Waals surface area contributed by atoms with E-state index < -0.39 is 4.92 Å². The van der Waals surface area contributed by atoms with Crippen LogP contribution in [0.5, 0.6) is 5.75 Å². The van der Waals surface area contributed by atoms with Gasteiger partial charge in [-0.05, 0) is 19.1 Å². The zero-order chi connectivity index (χ0) is 15.4. The standard InChI is InChI=1S/C14H19N3O4/c1-3-15-6-8-16(9-7-15)14(18)11-4-5-13(21-2)12(10-11)17(19)20/h4-5,10H,3,6-9H2,1-2H3/p+1. The van der Waals surface area contributed by atoms with Crippen molar-refractivity contribution >= 4 is 11.6 Å². The second kappa shape index (κ2) is 6.53. The topological polar surface area (TPSA) is 77.1 Å². The molecule has 1 aliphatic rings. The van der Waals surface area contributed by atoms with E-state index in [4.69, 9.17) is 4.74 Å². The lowest BCUT2D eigenvalue weighted by Crippen LogP contribution is -3.14. The second-order valence-electron chi connectivity index (χ2n) is 5.04. The van der Waals surface area contributed by atoms with E-state index in [-0.39, 0.29) is 17.3 Å². The van der Waals surface area contributed by atoms with E-state index in [1.54, 1.807) is 11.0 Å². The van der Waals surface area contributed by atoms with Gasteiger partial charge < -0.3 is 14.5 Å². The van der Waals surface area contributed by atoms with E-state index in [9.17, 15) is 14.9 Å². The average molecular weight is 294 g/mol. The number of quaternary nitrogens is 1. The molecular formula is C14H20N3O4+. The van der Waals surface area contributed by atoms with Crippen molar-refractivity contribution in [3.63, 3.8) is 0 Å². The maximum atomic E-state index is 12.4. The number of amides is 1. The van der Waals surface area contributed by atoms with Crippen LogP contribution >= 0.6 is 0 Å². The normalized spacial score (nSPS) is 15.8. The van der Waals surface area contributed by atoms with Gasteiger partial charge in [-0.2, -0.15) is 0 Å². The fourth-order valence-electron chi connectivity index (χ4n) is 2.53. The number of nitrogens with zero attached hydrogens (tertiary/aromatic N) is 2. The summed E-state index contributed by atoms with van der Waals surface area (Å²) >= 11 is 0. The zero-order valence-electron chi connectivity index (χ0n) is 12.3. The summed E-state index contributed by atoms with van der Waals surface area (Å²) in [4.78, 5) is 26.1. The van der Waals surface area contributed by atoms with Crippen molar-refractivity contribution in [2.45, 2.75) is 6.92 Å². The van der Waals surface area contributed by atoms with Crippen molar-refractivity contribution in [1.82, 2.24) is 4.90 Å². The number of methoxy groups -OCH3 is 1. The number of piperazine rings is 1. The largest absolute Gasteiger partial charge is 0.490 e. The number of nitro benzene ring substituents is 1. The number of ether oxygens (including phenoxy) is 1. The summed E-state index contributed by atoms with van der Waals surface area (Å²) in [6.07, 6.45) is 0. The van der Waals surface area contributed by atoms with E-state index in [1.165, 1.54) is 24.1 Å². The third kappa shape index (κ3) is 3.30. The monoisotopic (exact) mass is 294 g/mol. The molecule has 0 spiro atoms. The first kappa shape index (κ1) is 15.2. The number of benzene rings is 1. The summed E-state index contributed by atoms with van der Waals surface area (Å²) in [5, 5.41) is 11.0. The highest BCUT2D eigenvalue weighted by atomic mass is 16.6. The maximum Gasteiger partial charge on any atom is 0.311 e. The quantitative estimate of drug-likeness (QED) is 0.624. The van der Waals surface area contributed by atoms with Gasteiger partial charge >= 0.3 is 5.69 Å². The molecule has 0 unspecified atom stereocenters. The Morgan fingerprint density at radius 3 is 2.62 bits per heavy atom. The van der Waals surface area contributed by atoms with Crippen molar-refractivity contribution in [1.29, 1.82) is 0 Å². The van der Waals surface area contributed by atoms with Crippen LogP contribution < -0.4 is 9.64 Å². The van der Waals surface area contributed by atoms with Crippen molar-refractivity contribution < 1.29 is 19.4 Å². The molecule has 0 aromatic heterocycles. The van der Waals surface area contributed by atoms with E-state index in [2.05, 4.69) is 6.92 Å². The van der Waals surface area contributed by atoms with Gasteiger partial charge in [0, 0.05) is 11.6 Å². The molecule has 21 heavy (non-hydrogen) atoms. The molecule has 0 aliphatic carbocycles. The first-order valence-corrected chi connectivity index (χ1v) is 7.02. The highest BCUT2D eigenvalue weighted by Crippen LogP contribution is 2.27. The molecule has 0 bridgehead atoms. The van der Waals surface area contributed by atoms with Gasteiger partial charge in [0.05, 0.1) is 44.8 Å². The highest BCUT2D eigenvalue weighted by Gasteiger charge is 2.25. The van der Waals surface area contributed by atoms with Crippen molar-refractivity contribution in [3.8, 4) is 5.75 Å². The summed E-state index contributed by atoms with van der Waals surface area (Å²) in [5.41, 5.74) is 0.156. The molecule has 1 heterocycles. The Bertz CT molecular complexity index is 539. The number of hydrogen-bond acceptors (Lipinski definition) is 4. The minimum Gasteiger partial charge on any atom is -0.490 e.